The van der Waals surface area contributed by atoms with Crippen LogP contribution in [0.2, 0.25) is 0 Å². The van der Waals surface area contributed by atoms with Gasteiger partial charge in [-0.1, -0.05) is 51.0 Å². The van der Waals surface area contributed by atoms with Crippen LogP contribution in [0, 0.1) is 20.8 Å². The maximum absolute atomic E-state index is 10.3. The molecule has 3 aromatic heterocycles. The number of nitrogens with zero attached hydrogens (tertiary/aromatic N) is 5. The second kappa shape index (κ2) is 12.4. The van der Waals surface area contributed by atoms with E-state index in [1.165, 1.54) is 29.5 Å². The van der Waals surface area contributed by atoms with Crippen LogP contribution in [0.4, 0.5) is 0 Å². The number of imidazole rings is 1. The molecule has 0 N–H and O–H groups in total. The summed E-state index contributed by atoms with van der Waals surface area (Å²) in [6.07, 6.45) is 13.5. The van der Waals surface area contributed by atoms with E-state index in [-0.39, 0.29) is 0 Å². The highest BCUT2D eigenvalue weighted by molar-refractivity contribution is 7.84. The molecule has 0 aliphatic rings. The zero-order valence-electron chi connectivity index (χ0n) is 21.2. The van der Waals surface area contributed by atoms with Gasteiger partial charge in [0.2, 0.25) is 0 Å². The van der Waals surface area contributed by atoms with Crippen molar-refractivity contribution in [2.24, 2.45) is 7.05 Å². The Balaban J connectivity index is 0.000000198. The van der Waals surface area contributed by atoms with Crippen molar-refractivity contribution in [3.8, 4) is 11.3 Å². The maximum atomic E-state index is 10.3. The van der Waals surface area contributed by atoms with Gasteiger partial charge in [0.15, 0.2) is 5.65 Å². The molecule has 0 saturated heterocycles. The van der Waals surface area contributed by atoms with Gasteiger partial charge in [-0.3, -0.25) is 18.3 Å². The summed E-state index contributed by atoms with van der Waals surface area (Å²) in [4.78, 5) is 8.58. The molecule has 0 aliphatic carbocycles. The normalized spacial score (nSPS) is 11.5. The van der Waals surface area contributed by atoms with Crippen LogP contribution in [0.1, 0.15) is 49.6 Å². The van der Waals surface area contributed by atoms with Crippen molar-refractivity contribution < 1.29 is 4.21 Å². The summed E-state index contributed by atoms with van der Waals surface area (Å²) in [5.74, 6) is 0. The standard InChI is InChI=1S/C11H11N5.C11H16.C4H10OS/c1-8-11-13-6-10(16(11)4-3-12-8)9-5-14-15(2)7-9;1-4-5-11-8-9(2)6-7-10(11)3;1-4(2)6(3)5/h3-7H,1-2H3;6-8H,4-5H2,1-3H3;4H,1-3H3. The third-order valence-electron chi connectivity index (χ3n) is 5.29. The molecule has 0 spiro atoms. The summed E-state index contributed by atoms with van der Waals surface area (Å²) in [5.41, 5.74) is 8.22. The van der Waals surface area contributed by atoms with E-state index in [4.69, 9.17) is 0 Å². The van der Waals surface area contributed by atoms with Gasteiger partial charge >= 0.3 is 0 Å². The molecule has 1 atom stereocenters. The van der Waals surface area contributed by atoms with Gasteiger partial charge in [0.05, 0.1) is 23.8 Å². The average Bonchev–Trinajstić information content (AvgIpc) is 3.39. The summed E-state index contributed by atoms with van der Waals surface area (Å²) in [6.45, 7) is 12.4. The summed E-state index contributed by atoms with van der Waals surface area (Å²) >= 11 is 0. The molecule has 0 bridgehead atoms. The van der Waals surface area contributed by atoms with E-state index in [1.54, 1.807) is 17.1 Å². The molecule has 4 aromatic rings. The predicted octanol–water partition coefficient (Wildman–Crippen LogP) is 5.47. The lowest BCUT2D eigenvalue weighted by atomic mass is 10.0. The van der Waals surface area contributed by atoms with Gasteiger partial charge in [-0.25, -0.2) is 4.98 Å². The number of hydrogen-bond acceptors (Lipinski definition) is 4. The molecule has 178 valence electrons. The molecule has 0 amide bonds. The Morgan fingerprint density at radius 3 is 2.36 bits per heavy atom. The third-order valence-corrected chi connectivity index (χ3v) is 6.62. The molecule has 33 heavy (non-hydrogen) atoms. The Bertz CT molecular complexity index is 1190. The minimum absolute atomic E-state index is 0.324. The van der Waals surface area contributed by atoms with Crippen molar-refractivity contribution in [1.82, 2.24) is 24.1 Å². The van der Waals surface area contributed by atoms with E-state index in [1.807, 2.05) is 57.0 Å². The van der Waals surface area contributed by atoms with E-state index in [2.05, 4.69) is 54.0 Å². The molecule has 1 aromatic carbocycles. The quantitative estimate of drug-likeness (QED) is 0.399. The lowest BCUT2D eigenvalue weighted by Gasteiger charge is -2.04. The molecule has 0 radical (unpaired) electrons. The lowest BCUT2D eigenvalue weighted by molar-refractivity contribution is 0.681. The van der Waals surface area contributed by atoms with E-state index in [9.17, 15) is 4.21 Å². The number of aromatic nitrogens is 5. The third kappa shape index (κ3) is 7.63. The second-order valence-electron chi connectivity index (χ2n) is 8.48. The molecule has 0 fully saturated rings. The van der Waals surface area contributed by atoms with Gasteiger partial charge in [-0.15, -0.1) is 0 Å². The predicted molar refractivity (Wildman–Crippen MR) is 139 cm³/mol. The Hall–Kier alpha value is -2.80. The Kier molecular flexibility index (Phi) is 9.97. The van der Waals surface area contributed by atoms with Crippen LogP contribution in [-0.2, 0) is 24.3 Å². The number of hydrogen-bond donors (Lipinski definition) is 0. The molecule has 0 saturated carbocycles. The highest BCUT2D eigenvalue weighted by Gasteiger charge is 2.08. The van der Waals surface area contributed by atoms with E-state index < -0.39 is 10.8 Å². The summed E-state index contributed by atoms with van der Waals surface area (Å²) < 4.78 is 14.1. The van der Waals surface area contributed by atoms with Crippen LogP contribution in [0.15, 0.2) is 49.2 Å². The molecular formula is C26H37N5OS. The van der Waals surface area contributed by atoms with Gasteiger partial charge in [0.1, 0.15) is 0 Å². The molecular weight excluding hydrogens is 430 g/mol. The molecule has 7 heteroatoms. The second-order valence-corrected chi connectivity index (χ2v) is 10.4. The Labute approximate surface area is 200 Å². The largest absolute Gasteiger partial charge is 0.297 e. The van der Waals surface area contributed by atoms with E-state index in [0.29, 0.717) is 5.25 Å². The van der Waals surface area contributed by atoms with Gasteiger partial charge < -0.3 is 0 Å². The average molecular weight is 468 g/mol. The summed E-state index contributed by atoms with van der Waals surface area (Å²) in [7, 11) is 1.29. The highest BCUT2D eigenvalue weighted by atomic mass is 32.2. The monoisotopic (exact) mass is 467 g/mol. The van der Waals surface area contributed by atoms with Crippen molar-refractivity contribution >= 4 is 16.4 Å². The van der Waals surface area contributed by atoms with Gasteiger partial charge in [-0.2, -0.15) is 5.10 Å². The highest BCUT2D eigenvalue weighted by Crippen LogP contribution is 2.20. The minimum atomic E-state index is -0.617. The van der Waals surface area contributed by atoms with Gasteiger partial charge in [-0.05, 0) is 38.3 Å². The van der Waals surface area contributed by atoms with Gasteiger partial charge in [0, 0.05) is 53.5 Å². The first-order valence-electron chi connectivity index (χ1n) is 11.3. The summed E-state index contributed by atoms with van der Waals surface area (Å²) in [6, 6.07) is 6.67. The van der Waals surface area contributed by atoms with Crippen LogP contribution in [0.3, 0.4) is 0 Å². The number of benzene rings is 1. The summed E-state index contributed by atoms with van der Waals surface area (Å²) in [5, 5.41) is 4.49. The molecule has 3 heterocycles. The fraction of sp³-hybridized carbons (Fsp3) is 0.423. The fourth-order valence-corrected chi connectivity index (χ4v) is 3.16. The fourth-order valence-electron chi connectivity index (χ4n) is 3.16. The van der Waals surface area contributed by atoms with Crippen molar-refractivity contribution in [3.63, 3.8) is 0 Å². The first-order valence-corrected chi connectivity index (χ1v) is 12.9. The lowest BCUT2D eigenvalue weighted by Crippen LogP contribution is -2.00. The Morgan fingerprint density at radius 1 is 1.09 bits per heavy atom. The maximum Gasteiger partial charge on any atom is 0.158 e. The minimum Gasteiger partial charge on any atom is -0.297 e. The zero-order valence-corrected chi connectivity index (χ0v) is 22.0. The first-order chi connectivity index (χ1) is 15.6. The van der Waals surface area contributed by atoms with E-state index >= 15 is 0 Å². The molecule has 0 aliphatic heterocycles. The van der Waals surface area contributed by atoms with E-state index in [0.717, 1.165) is 22.6 Å². The van der Waals surface area contributed by atoms with Crippen LogP contribution in [0.25, 0.3) is 16.9 Å². The van der Waals surface area contributed by atoms with Gasteiger partial charge in [0.25, 0.3) is 0 Å². The van der Waals surface area contributed by atoms with Crippen LogP contribution in [0.5, 0.6) is 0 Å². The van der Waals surface area contributed by atoms with Crippen molar-refractivity contribution in [2.75, 3.05) is 6.26 Å². The molecule has 6 nitrogen and oxygen atoms in total. The topological polar surface area (TPSA) is 65.1 Å². The number of fused-ring (bicyclic) bond motifs is 1. The van der Waals surface area contributed by atoms with Crippen LogP contribution < -0.4 is 0 Å². The molecule has 1 unspecified atom stereocenters. The number of aryl methyl sites for hydroxylation is 5. The van der Waals surface area contributed by atoms with Crippen molar-refractivity contribution in [2.45, 2.75) is 59.6 Å². The van der Waals surface area contributed by atoms with Crippen LogP contribution >= 0.6 is 0 Å². The molecule has 4 rings (SSSR count). The SMILES string of the molecule is CC(C)S(C)=O.CCCc1cc(C)ccc1C.Cc1nccn2c(-c3cnn(C)c3)cnc12. The first kappa shape index (κ1) is 26.5. The van der Waals surface area contributed by atoms with Crippen molar-refractivity contribution in [1.29, 1.82) is 0 Å². The van der Waals surface area contributed by atoms with Crippen molar-refractivity contribution in [3.05, 3.63) is 71.6 Å². The Morgan fingerprint density at radius 2 is 1.79 bits per heavy atom. The zero-order chi connectivity index (χ0) is 24.5. The smallest absolute Gasteiger partial charge is 0.158 e. The number of rotatable bonds is 4. The van der Waals surface area contributed by atoms with Crippen LogP contribution in [-0.4, -0.2) is 39.9 Å².